The standard InChI is InChI=1S/C32H32Cl6O8/c1-15-7-9-17(15)5-3-11-43-29(39)23-25(37)19(33)13-21(35)27(23)45-31(41)32(42)46-28-22(36)14-20(34)26(38)24(28)30(40)44-12-4-6-18-10-8-16(18)2/h13-18H,3-12H2,1-2H3. The number of esters is 4. The van der Waals surface area contributed by atoms with Crippen molar-refractivity contribution in [2.24, 2.45) is 23.7 Å². The molecule has 250 valence electrons. The van der Waals surface area contributed by atoms with Crippen molar-refractivity contribution in [3.8, 4) is 11.5 Å². The number of rotatable bonds is 12. The average Bonchev–Trinajstić information content (AvgIpc) is 3.00. The molecule has 0 spiro atoms. The molecule has 2 aliphatic carbocycles. The van der Waals surface area contributed by atoms with Crippen LogP contribution in [0.2, 0.25) is 30.1 Å². The molecule has 0 radical (unpaired) electrons. The molecule has 0 saturated heterocycles. The summed E-state index contributed by atoms with van der Waals surface area (Å²) in [6.07, 6.45) is 7.64. The topological polar surface area (TPSA) is 105 Å². The van der Waals surface area contributed by atoms with Crippen LogP contribution >= 0.6 is 69.6 Å². The van der Waals surface area contributed by atoms with Crippen LogP contribution in [0.3, 0.4) is 0 Å². The van der Waals surface area contributed by atoms with Crippen molar-refractivity contribution in [2.45, 2.75) is 65.2 Å². The summed E-state index contributed by atoms with van der Waals surface area (Å²) in [5.74, 6) is -3.91. The molecular formula is C32H32Cl6O8. The van der Waals surface area contributed by atoms with Gasteiger partial charge in [-0.05, 0) is 74.3 Å². The molecule has 2 fully saturated rings. The van der Waals surface area contributed by atoms with Crippen LogP contribution in [-0.2, 0) is 19.1 Å². The molecule has 4 atom stereocenters. The molecule has 0 aliphatic heterocycles. The van der Waals surface area contributed by atoms with Gasteiger partial charge in [0.2, 0.25) is 0 Å². The van der Waals surface area contributed by atoms with E-state index in [1.54, 1.807) is 0 Å². The summed E-state index contributed by atoms with van der Waals surface area (Å²) in [5, 5.41) is -1.44. The van der Waals surface area contributed by atoms with Gasteiger partial charge < -0.3 is 18.9 Å². The molecular weight excluding hydrogens is 725 g/mol. The fourth-order valence-corrected chi connectivity index (χ4v) is 6.92. The van der Waals surface area contributed by atoms with Gasteiger partial charge in [-0.3, -0.25) is 0 Å². The Labute approximate surface area is 297 Å². The lowest BCUT2D eigenvalue weighted by Crippen LogP contribution is -2.27. The monoisotopic (exact) mass is 754 g/mol. The second-order valence-corrected chi connectivity index (χ2v) is 14.1. The summed E-state index contributed by atoms with van der Waals surface area (Å²) >= 11 is 37.3. The third kappa shape index (κ3) is 8.74. The fourth-order valence-electron chi connectivity index (χ4n) is 5.48. The zero-order valence-corrected chi connectivity index (χ0v) is 29.6. The molecule has 2 aromatic rings. The van der Waals surface area contributed by atoms with Crippen molar-refractivity contribution in [3.63, 3.8) is 0 Å². The smallest absolute Gasteiger partial charge is 0.423 e. The lowest BCUT2D eigenvalue weighted by molar-refractivity contribution is -0.156. The SMILES string of the molecule is CC1CCC1CCCOC(=O)c1c(Cl)c(Cl)cc(Cl)c1OC(=O)C(=O)Oc1c(Cl)cc(Cl)c(Cl)c1C(=O)OCCCC1CCC1C. The van der Waals surface area contributed by atoms with Crippen molar-refractivity contribution < 1.29 is 38.1 Å². The van der Waals surface area contributed by atoms with Gasteiger partial charge in [0.15, 0.2) is 11.5 Å². The minimum absolute atomic E-state index is 0.0757. The van der Waals surface area contributed by atoms with E-state index in [4.69, 9.17) is 88.6 Å². The van der Waals surface area contributed by atoms with Crippen LogP contribution in [0.25, 0.3) is 0 Å². The number of carbonyl (C=O) groups excluding carboxylic acids is 4. The Kier molecular flexibility index (Phi) is 13.2. The number of hydrogen-bond donors (Lipinski definition) is 0. The summed E-state index contributed by atoms with van der Waals surface area (Å²) < 4.78 is 21.0. The maximum absolute atomic E-state index is 13.0. The van der Waals surface area contributed by atoms with E-state index in [-0.39, 0.29) is 43.3 Å². The second kappa shape index (κ2) is 16.4. The number of hydrogen-bond acceptors (Lipinski definition) is 8. The van der Waals surface area contributed by atoms with E-state index in [1.165, 1.54) is 12.8 Å². The summed E-state index contributed by atoms with van der Waals surface area (Å²) in [4.78, 5) is 51.9. The first-order chi connectivity index (χ1) is 21.8. The molecule has 0 aromatic heterocycles. The fraction of sp³-hybridized carbons (Fsp3) is 0.500. The molecule has 14 heteroatoms. The quantitative estimate of drug-likeness (QED) is 0.0693. The van der Waals surface area contributed by atoms with E-state index in [9.17, 15) is 19.2 Å². The van der Waals surface area contributed by atoms with Gasteiger partial charge in [-0.1, -0.05) is 96.3 Å². The Balaban J connectivity index is 1.46. The van der Waals surface area contributed by atoms with Gasteiger partial charge in [-0.15, -0.1) is 0 Å². The van der Waals surface area contributed by atoms with Crippen molar-refractivity contribution in [2.75, 3.05) is 13.2 Å². The first-order valence-corrected chi connectivity index (χ1v) is 17.2. The van der Waals surface area contributed by atoms with Crippen LogP contribution in [0.15, 0.2) is 12.1 Å². The molecule has 8 nitrogen and oxygen atoms in total. The minimum atomic E-state index is -1.63. The lowest BCUT2D eigenvalue weighted by Gasteiger charge is -2.33. The van der Waals surface area contributed by atoms with Crippen molar-refractivity contribution >= 4 is 93.5 Å². The number of benzene rings is 2. The highest BCUT2D eigenvalue weighted by Gasteiger charge is 2.33. The molecule has 2 saturated carbocycles. The highest BCUT2D eigenvalue weighted by Crippen LogP contribution is 2.42. The van der Waals surface area contributed by atoms with E-state index in [0.717, 1.165) is 37.8 Å². The predicted molar refractivity (Wildman–Crippen MR) is 177 cm³/mol. The van der Waals surface area contributed by atoms with E-state index < -0.39 is 46.5 Å². The van der Waals surface area contributed by atoms with Crippen molar-refractivity contribution in [1.82, 2.24) is 0 Å². The largest absolute Gasteiger partial charge is 0.462 e. The van der Waals surface area contributed by atoms with Crippen LogP contribution in [-0.4, -0.2) is 37.1 Å². The van der Waals surface area contributed by atoms with Crippen molar-refractivity contribution in [3.05, 3.63) is 53.4 Å². The Morgan fingerprint density at radius 1 is 0.609 bits per heavy atom. The third-order valence-corrected chi connectivity index (χ3v) is 10.9. The average molecular weight is 757 g/mol. The van der Waals surface area contributed by atoms with Gasteiger partial charge in [0.05, 0.1) is 43.3 Å². The van der Waals surface area contributed by atoms with Gasteiger partial charge in [0, 0.05) is 0 Å². The lowest BCUT2D eigenvalue weighted by atomic mass is 9.73. The molecule has 0 amide bonds. The maximum Gasteiger partial charge on any atom is 0.423 e. The Morgan fingerprint density at radius 3 is 1.28 bits per heavy atom. The molecule has 46 heavy (non-hydrogen) atoms. The third-order valence-electron chi connectivity index (χ3n) is 8.72. The van der Waals surface area contributed by atoms with Crippen LogP contribution in [0, 0.1) is 23.7 Å². The van der Waals surface area contributed by atoms with Gasteiger partial charge in [0.1, 0.15) is 11.1 Å². The van der Waals surface area contributed by atoms with Crippen molar-refractivity contribution in [1.29, 1.82) is 0 Å². The molecule has 4 rings (SSSR count). The summed E-state index contributed by atoms with van der Waals surface area (Å²) in [5.41, 5.74) is -0.907. The predicted octanol–water partition coefficient (Wildman–Crippen LogP) is 10.1. The zero-order valence-electron chi connectivity index (χ0n) is 25.1. The number of ether oxygens (including phenoxy) is 4. The molecule has 4 unspecified atom stereocenters. The normalized spacial score (nSPS) is 20.3. The van der Waals surface area contributed by atoms with Gasteiger partial charge >= 0.3 is 23.9 Å². The maximum atomic E-state index is 13.0. The Morgan fingerprint density at radius 2 is 0.978 bits per heavy atom. The summed E-state index contributed by atoms with van der Waals surface area (Å²) in [6, 6.07) is 2.26. The van der Waals surface area contributed by atoms with Crippen LogP contribution in [0.4, 0.5) is 0 Å². The highest BCUT2D eigenvalue weighted by molar-refractivity contribution is 6.47. The number of halogens is 6. The van der Waals surface area contributed by atoms with Gasteiger partial charge in [0.25, 0.3) is 0 Å². The van der Waals surface area contributed by atoms with E-state index in [1.807, 2.05) is 0 Å². The molecule has 0 bridgehead atoms. The van der Waals surface area contributed by atoms with Crippen LogP contribution < -0.4 is 9.47 Å². The van der Waals surface area contributed by atoms with Gasteiger partial charge in [-0.2, -0.15) is 0 Å². The summed E-state index contributed by atoms with van der Waals surface area (Å²) in [6.45, 7) is 4.51. The first kappa shape index (κ1) is 36.9. The molecule has 2 aliphatic rings. The molecule has 0 heterocycles. The molecule has 0 N–H and O–H groups in total. The summed E-state index contributed by atoms with van der Waals surface area (Å²) in [7, 11) is 0. The van der Waals surface area contributed by atoms with E-state index in [2.05, 4.69) is 13.8 Å². The Hall–Kier alpha value is -1.94. The Bertz CT molecular complexity index is 1400. The highest BCUT2D eigenvalue weighted by atomic mass is 35.5. The second-order valence-electron chi connectivity index (χ2n) is 11.7. The van der Waals surface area contributed by atoms with E-state index >= 15 is 0 Å². The van der Waals surface area contributed by atoms with Gasteiger partial charge in [-0.25, -0.2) is 19.2 Å². The first-order valence-electron chi connectivity index (χ1n) is 14.9. The zero-order chi connectivity index (χ0) is 33.7. The van der Waals surface area contributed by atoms with Crippen LogP contribution in [0.1, 0.15) is 85.9 Å². The van der Waals surface area contributed by atoms with E-state index in [0.29, 0.717) is 36.5 Å². The minimum Gasteiger partial charge on any atom is -0.462 e. The number of carbonyl (C=O) groups is 4. The molecule has 2 aromatic carbocycles. The van der Waals surface area contributed by atoms with Crippen LogP contribution in [0.5, 0.6) is 11.5 Å².